The third-order valence-electron chi connectivity index (χ3n) is 4.69. The smallest absolute Gasteiger partial charge is 0.339 e. The van der Waals surface area contributed by atoms with Gasteiger partial charge in [0.15, 0.2) is 0 Å². The van der Waals surface area contributed by atoms with Crippen molar-refractivity contribution in [2.75, 3.05) is 6.61 Å². The Hall–Kier alpha value is -2.66. The quantitative estimate of drug-likeness (QED) is 0.714. The molecule has 1 aromatic carbocycles. The first-order valence-corrected chi connectivity index (χ1v) is 9.27. The fourth-order valence-electron chi connectivity index (χ4n) is 3.06. The lowest BCUT2D eigenvalue weighted by Crippen LogP contribution is -2.30. The fraction of sp³-hybridized carbons (Fsp3) is 0.364. The van der Waals surface area contributed by atoms with Crippen molar-refractivity contribution in [1.29, 1.82) is 0 Å². The summed E-state index contributed by atoms with van der Waals surface area (Å²) >= 11 is 0. The molecular formula is C22H24O5. The average Bonchev–Trinajstić information content (AvgIpc) is 2.70. The van der Waals surface area contributed by atoms with E-state index in [9.17, 15) is 14.7 Å². The topological polar surface area (TPSA) is 72.8 Å². The normalized spacial score (nSPS) is 22.2. The van der Waals surface area contributed by atoms with E-state index < -0.39 is 12.2 Å². The van der Waals surface area contributed by atoms with Crippen LogP contribution in [0.4, 0.5) is 0 Å². The number of hydrogen-bond acceptors (Lipinski definition) is 5. The Morgan fingerprint density at radius 1 is 1.26 bits per heavy atom. The number of carbonyl (C=O) groups excluding carboxylic acids is 2. The van der Waals surface area contributed by atoms with Crippen molar-refractivity contribution >= 4 is 17.3 Å². The number of Topliss-reactive ketones (excluding diaryl/α,β-unsaturated/α-hetero) is 1. The largest absolute Gasteiger partial charge is 0.491 e. The van der Waals surface area contributed by atoms with Crippen molar-refractivity contribution < 1.29 is 24.2 Å². The van der Waals surface area contributed by atoms with Crippen molar-refractivity contribution in [2.45, 2.75) is 38.4 Å². The molecule has 5 nitrogen and oxygen atoms in total. The molecule has 1 N–H and O–H groups in total. The molecule has 3 unspecified atom stereocenters. The molecule has 2 aliphatic rings. The zero-order chi connectivity index (χ0) is 19.2. The van der Waals surface area contributed by atoms with E-state index in [1.807, 2.05) is 55.5 Å². The number of rotatable bonds is 8. The SMILES string of the molecule is CCC(=O)CCC(O)COC1=CC2OC(=O)C(c3ccccc3)=CC2C=C1. The first-order valence-electron chi connectivity index (χ1n) is 9.27. The van der Waals surface area contributed by atoms with Crippen LogP contribution in [0.5, 0.6) is 0 Å². The van der Waals surface area contributed by atoms with Crippen LogP contribution in [-0.4, -0.2) is 35.7 Å². The van der Waals surface area contributed by atoms with E-state index in [2.05, 4.69) is 0 Å². The minimum Gasteiger partial charge on any atom is -0.491 e. The summed E-state index contributed by atoms with van der Waals surface area (Å²) in [6, 6.07) is 9.44. The van der Waals surface area contributed by atoms with Crippen LogP contribution in [0.25, 0.3) is 5.57 Å². The van der Waals surface area contributed by atoms with Crippen molar-refractivity contribution in [3.8, 4) is 0 Å². The molecular weight excluding hydrogens is 344 g/mol. The zero-order valence-electron chi connectivity index (χ0n) is 15.3. The van der Waals surface area contributed by atoms with Crippen LogP contribution in [0.3, 0.4) is 0 Å². The Bertz CT molecular complexity index is 775. The van der Waals surface area contributed by atoms with Crippen LogP contribution in [0.1, 0.15) is 31.7 Å². The van der Waals surface area contributed by atoms with Crippen LogP contribution in [0, 0.1) is 5.92 Å². The molecule has 0 saturated carbocycles. The van der Waals surface area contributed by atoms with Gasteiger partial charge in [0.2, 0.25) is 0 Å². The molecule has 1 aromatic rings. The number of hydrogen-bond donors (Lipinski definition) is 1. The molecule has 0 fully saturated rings. The molecule has 5 heteroatoms. The number of carbonyl (C=O) groups is 2. The minimum absolute atomic E-state index is 0.0441. The summed E-state index contributed by atoms with van der Waals surface area (Å²) in [5, 5.41) is 9.94. The van der Waals surface area contributed by atoms with Crippen molar-refractivity contribution in [1.82, 2.24) is 0 Å². The van der Waals surface area contributed by atoms with Gasteiger partial charge in [-0.3, -0.25) is 4.79 Å². The van der Waals surface area contributed by atoms with E-state index >= 15 is 0 Å². The molecule has 1 aliphatic heterocycles. The summed E-state index contributed by atoms with van der Waals surface area (Å²) in [4.78, 5) is 23.7. The Labute approximate surface area is 159 Å². The molecule has 27 heavy (non-hydrogen) atoms. The average molecular weight is 368 g/mol. The van der Waals surface area contributed by atoms with Crippen LogP contribution in [0.2, 0.25) is 0 Å². The maximum Gasteiger partial charge on any atom is 0.339 e. The predicted octanol–water partition coefficient (Wildman–Crippen LogP) is 3.20. The monoisotopic (exact) mass is 368 g/mol. The lowest BCUT2D eigenvalue weighted by molar-refractivity contribution is -0.141. The van der Waals surface area contributed by atoms with Crippen LogP contribution in [0.15, 0.2) is 60.4 Å². The fourth-order valence-corrected chi connectivity index (χ4v) is 3.06. The van der Waals surface area contributed by atoms with E-state index in [1.165, 1.54) is 0 Å². The summed E-state index contributed by atoms with van der Waals surface area (Å²) in [5.41, 5.74) is 1.40. The number of aliphatic hydroxyl groups excluding tert-OH is 1. The lowest BCUT2D eigenvalue weighted by atomic mass is 9.90. The Balaban J connectivity index is 1.58. The van der Waals surface area contributed by atoms with Gasteiger partial charge in [0.05, 0.1) is 11.7 Å². The van der Waals surface area contributed by atoms with Gasteiger partial charge in [-0.05, 0) is 24.1 Å². The van der Waals surface area contributed by atoms with Gasteiger partial charge >= 0.3 is 5.97 Å². The number of ketones is 1. The molecule has 0 saturated heterocycles. The summed E-state index contributed by atoms with van der Waals surface area (Å²) in [5.74, 6) is 0.286. The first-order chi connectivity index (χ1) is 13.1. The molecule has 0 spiro atoms. The van der Waals surface area contributed by atoms with E-state index in [4.69, 9.17) is 9.47 Å². The van der Waals surface area contributed by atoms with Gasteiger partial charge in [-0.2, -0.15) is 0 Å². The summed E-state index contributed by atoms with van der Waals surface area (Å²) in [7, 11) is 0. The second kappa shape index (κ2) is 8.82. The maximum atomic E-state index is 12.3. The van der Waals surface area contributed by atoms with E-state index in [0.717, 1.165) is 5.56 Å². The van der Waals surface area contributed by atoms with E-state index in [0.29, 0.717) is 30.6 Å². The van der Waals surface area contributed by atoms with Gasteiger partial charge in [-0.1, -0.05) is 49.4 Å². The molecule has 1 heterocycles. The Kier molecular flexibility index (Phi) is 6.24. The van der Waals surface area contributed by atoms with Crippen molar-refractivity contribution in [2.24, 2.45) is 5.92 Å². The maximum absolute atomic E-state index is 12.3. The lowest BCUT2D eigenvalue weighted by Gasteiger charge is -2.29. The van der Waals surface area contributed by atoms with Gasteiger partial charge in [0, 0.05) is 18.8 Å². The van der Waals surface area contributed by atoms with Gasteiger partial charge in [0.1, 0.15) is 24.3 Å². The Morgan fingerprint density at radius 3 is 2.78 bits per heavy atom. The number of allylic oxidation sites excluding steroid dienone is 1. The predicted molar refractivity (Wildman–Crippen MR) is 102 cm³/mol. The van der Waals surface area contributed by atoms with E-state index in [-0.39, 0.29) is 24.3 Å². The third kappa shape index (κ3) is 4.95. The van der Waals surface area contributed by atoms with Gasteiger partial charge in [-0.15, -0.1) is 0 Å². The summed E-state index contributed by atoms with van der Waals surface area (Å²) in [6.45, 7) is 1.91. The van der Waals surface area contributed by atoms with Crippen molar-refractivity contribution in [3.05, 3.63) is 66.0 Å². The van der Waals surface area contributed by atoms with Gasteiger partial charge in [-0.25, -0.2) is 4.79 Å². The molecule has 0 aromatic heterocycles. The zero-order valence-corrected chi connectivity index (χ0v) is 15.3. The second-order valence-corrected chi connectivity index (χ2v) is 6.72. The first kappa shape index (κ1) is 19.1. The summed E-state index contributed by atoms with van der Waals surface area (Å²) < 4.78 is 11.2. The summed E-state index contributed by atoms with van der Waals surface area (Å²) in [6.07, 6.45) is 7.53. The Morgan fingerprint density at radius 2 is 2.04 bits per heavy atom. The molecule has 0 bridgehead atoms. The van der Waals surface area contributed by atoms with Gasteiger partial charge < -0.3 is 14.6 Å². The number of fused-ring (bicyclic) bond motifs is 1. The third-order valence-corrected chi connectivity index (χ3v) is 4.69. The molecule has 3 atom stereocenters. The van der Waals surface area contributed by atoms with Crippen LogP contribution >= 0.6 is 0 Å². The molecule has 3 rings (SSSR count). The van der Waals surface area contributed by atoms with Crippen molar-refractivity contribution in [3.63, 3.8) is 0 Å². The molecule has 1 aliphatic carbocycles. The molecule has 0 radical (unpaired) electrons. The highest BCUT2D eigenvalue weighted by atomic mass is 16.5. The number of esters is 1. The molecule has 142 valence electrons. The standard InChI is InChI=1S/C22H24O5/c1-2-17(23)9-10-18(24)14-26-19-11-8-16-12-20(15-6-4-3-5-7-15)22(25)27-21(16)13-19/h3-8,11-13,16,18,21,24H,2,9-10,14H2,1H3. The minimum atomic E-state index is -0.703. The highest BCUT2D eigenvalue weighted by molar-refractivity contribution is 6.17. The molecule has 0 amide bonds. The number of ether oxygens (including phenoxy) is 2. The van der Waals surface area contributed by atoms with E-state index in [1.54, 1.807) is 6.08 Å². The highest BCUT2D eigenvalue weighted by Gasteiger charge is 2.31. The highest BCUT2D eigenvalue weighted by Crippen LogP contribution is 2.31. The second-order valence-electron chi connectivity index (χ2n) is 6.72. The number of benzene rings is 1. The van der Waals surface area contributed by atoms with Crippen LogP contribution < -0.4 is 0 Å². The number of aliphatic hydroxyl groups is 1. The van der Waals surface area contributed by atoms with Crippen LogP contribution in [-0.2, 0) is 19.1 Å². The van der Waals surface area contributed by atoms with Gasteiger partial charge in [0.25, 0.3) is 0 Å².